The van der Waals surface area contributed by atoms with E-state index in [0.717, 1.165) is 27.2 Å². The molecule has 3 heterocycles. The van der Waals surface area contributed by atoms with Crippen molar-refractivity contribution in [3.8, 4) is 11.1 Å². The third-order valence-corrected chi connectivity index (χ3v) is 4.38. The molecular formula is C17H13N3OS. The largest absolute Gasteiger partial charge is 0.472 e. The minimum Gasteiger partial charge on any atom is -0.472 e. The number of fused-ring (bicyclic) bond motifs is 1. The van der Waals surface area contributed by atoms with E-state index in [1.54, 1.807) is 30.2 Å². The van der Waals surface area contributed by atoms with Crippen LogP contribution >= 0.6 is 11.3 Å². The van der Waals surface area contributed by atoms with E-state index in [0.29, 0.717) is 6.54 Å². The van der Waals surface area contributed by atoms with E-state index < -0.39 is 0 Å². The summed E-state index contributed by atoms with van der Waals surface area (Å²) in [6.45, 7) is 0.673. The molecule has 0 atom stereocenters. The van der Waals surface area contributed by atoms with Gasteiger partial charge in [0.15, 0.2) is 0 Å². The van der Waals surface area contributed by atoms with Gasteiger partial charge in [0.1, 0.15) is 17.0 Å². The van der Waals surface area contributed by atoms with Gasteiger partial charge in [0.05, 0.1) is 17.9 Å². The van der Waals surface area contributed by atoms with Gasteiger partial charge in [-0.2, -0.15) is 0 Å². The summed E-state index contributed by atoms with van der Waals surface area (Å²) in [6, 6.07) is 12.3. The lowest BCUT2D eigenvalue weighted by Crippen LogP contribution is -2.01. The van der Waals surface area contributed by atoms with Crippen molar-refractivity contribution in [2.45, 2.75) is 6.54 Å². The third-order valence-electron chi connectivity index (χ3n) is 3.50. The highest BCUT2D eigenvalue weighted by Crippen LogP contribution is 2.36. The zero-order valence-corrected chi connectivity index (χ0v) is 12.5. The van der Waals surface area contributed by atoms with Crippen LogP contribution in [0.25, 0.3) is 21.3 Å². The number of nitrogens with one attached hydrogen (secondary N) is 1. The van der Waals surface area contributed by atoms with Crippen molar-refractivity contribution in [1.82, 2.24) is 9.97 Å². The van der Waals surface area contributed by atoms with Gasteiger partial charge in [-0.05, 0) is 11.6 Å². The molecule has 3 aromatic heterocycles. The number of hydrogen-bond acceptors (Lipinski definition) is 5. The second-order valence-electron chi connectivity index (χ2n) is 4.90. The maximum absolute atomic E-state index is 5.10. The van der Waals surface area contributed by atoms with E-state index in [2.05, 4.69) is 32.8 Å². The second-order valence-corrected chi connectivity index (χ2v) is 5.76. The number of thiophene rings is 1. The van der Waals surface area contributed by atoms with Crippen LogP contribution in [0.4, 0.5) is 5.82 Å². The predicted octanol–water partition coefficient (Wildman–Crippen LogP) is 4.56. The number of hydrogen-bond donors (Lipinski definition) is 1. The topological polar surface area (TPSA) is 51.0 Å². The van der Waals surface area contributed by atoms with E-state index >= 15 is 0 Å². The van der Waals surface area contributed by atoms with Gasteiger partial charge in [-0.1, -0.05) is 30.3 Å². The van der Waals surface area contributed by atoms with E-state index in [1.165, 1.54) is 5.56 Å². The fraction of sp³-hybridized carbons (Fsp3) is 0.0588. The number of aromatic nitrogens is 2. The molecule has 0 aliphatic carbocycles. The molecule has 4 rings (SSSR count). The highest BCUT2D eigenvalue weighted by Gasteiger charge is 2.12. The SMILES string of the molecule is c1ccc(-c2csc3ncnc(NCc4ccoc4)c23)cc1. The van der Waals surface area contributed by atoms with E-state index in [4.69, 9.17) is 4.42 Å². The first-order valence-corrected chi connectivity index (χ1v) is 7.82. The second kappa shape index (κ2) is 5.61. The molecule has 0 spiro atoms. The summed E-state index contributed by atoms with van der Waals surface area (Å²) in [7, 11) is 0. The molecule has 1 aromatic carbocycles. The Morgan fingerprint density at radius 1 is 1.09 bits per heavy atom. The van der Waals surface area contributed by atoms with Gasteiger partial charge >= 0.3 is 0 Å². The Morgan fingerprint density at radius 2 is 2.00 bits per heavy atom. The molecule has 4 nitrogen and oxygen atoms in total. The summed E-state index contributed by atoms with van der Waals surface area (Å²) in [6.07, 6.45) is 5.01. The average molecular weight is 307 g/mol. The lowest BCUT2D eigenvalue weighted by atomic mass is 10.1. The van der Waals surface area contributed by atoms with Crippen molar-refractivity contribution >= 4 is 27.4 Å². The van der Waals surface area contributed by atoms with Crippen molar-refractivity contribution in [3.63, 3.8) is 0 Å². The zero-order chi connectivity index (χ0) is 14.8. The molecule has 22 heavy (non-hydrogen) atoms. The molecule has 108 valence electrons. The Balaban J connectivity index is 1.76. The lowest BCUT2D eigenvalue weighted by molar-refractivity contribution is 0.564. The van der Waals surface area contributed by atoms with E-state index in [-0.39, 0.29) is 0 Å². The molecule has 0 radical (unpaired) electrons. The van der Waals surface area contributed by atoms with Gasteiger partial charge in [-0.15, -0.1) is 11.3 Å². The zero-order valence-electron chi connectivity index (χ0n) is 11.7. The molecule has 0 saturated carbocycles. The maximum Gasteiger partial charge on any atom is 0.139 e. The Bertz CT molecular complexity index is 885. The minimum atomic E-state index is 0.673. The molecule has 0 fully saturated rings. The molecule has 0 saturated heterocycles. The van der Waals surface area contributed by atoms with Crippen LogP contribution in [0.2, 0.25) is 0 Å². The Morgan fingerprint density at radius 3 is 2.82 bits per heavy atom. The third kappa shape index (κ3) is 2.35. The minimum absolute atomic E-state index is 0.673. The van der Waals surface area contributed by atoms with Crippen molar-refractivity contribution in [3.05, 3.63) is 66.2 Å². The Kier molecular flexibility index (Phi) is 3.33. The summed E-state index contributed by atoms with van der Waals surface area (Å²) in [5.41, 5.74) is 3.43. The monoisotopic (exact) mass is 307 g/mol. The van der Waals surface area contributed by atoms with Gasteiger partial charge in [-0.25, -0.2) is 9.97 Å². The van der Waals surface area contributed by atoms with Crippen LogP contribution in [0.5, 0.6) is 0 Å². The Labute approximate surface area is 131 Å². The Hall–Kier alpha value is -2.66. The standard InChI is InChI=1S/C17H13N3OS/c1-2-4-13(5-3-1)14-10-22-17-15(14)16(19-11-20-17)18-8-12-6-7-21-9-12/h1-7,9-11H,8H2,(H,18,19,20). The van der Waals surface area contributed by atoms with Crippen LogP contribution < -0.4 is 5.32 Å². The number of anilines is 1. The van der Waals surface area contributed by atoms with Crippen molar-refractivity contribution in [2.24, 2.45) is 0 Å². The molecule has 4 aromatic rings. The van der Waals surface area contributed by atoms with Crippen LogP contribution in [-0.2, 0) is 6.54 Å². The maximum atomic E-state index is 5.10. The van der Waals surface area contributed by atoms with Crippen molar-refractivity contribution < 1.29 is 4.42 Å². The number of benzene rings is 1. The van der Waals surface area contributed by atoms with Gasteiger partial charge in [0.2, 0.25) is 0 Å². The first-order chi connectivity index (χ1) is 10.9. The number of nitrogens with zero attached hydrogens (tertiary/aromatic N) is 2. The molecule has 1 N–H and O–H groups in total. The highest BCUT2D eigenvalue weighted by atomic mass is 32.1. The fourth-order valence-electron chi connectivity index (χ4n) is 2.42. The van der Waals surface area contributed by atoms with Crippen molar-refractivity contribution in [2.75, 3.05) is 5.32 Å². The molecule has 0 aliphatic rings. The smallest absolute Gasteiger partial charge is 0.139 e. The quantitative estimate of drug-likeness (QED) is 0.600. The summed E-state index contributed by atoms with van der Waals surface area (Å²) >= 11 is 1.64. The van der Waals surface area contributed by atoms with Crippen LogP contribution in [0.3, 0.4) is 0 Å². The van der Waals surface area contributed by atoms with Gasteiger partial charge in [0.25, 0.3) is 0 Å². The van der Waals surface area contributed by atoms with Gasteiger partial charge < -0.3 is 9.73 Å². The predicted molar refractivity (Wildman–Crippen MR) is 88.9 cm³/mol. The van der Waals surface area contributed by atoms with Crippen LogP contribution in [-0.4, -0.2) is 9.97 Å². The first-order valence-electron chi connectivity index (χ1n) is 6.94. The summed E-state index contributed by atoms with van der Waals surface area (Å²) in [4.78, 5) is 9.79. The van der Waals surface area contributed by atoms with Crippen LogP contribution in [0.1, 0.15) is 5.56 Å². The number of furan rings is 1. The summed E-state index contributed by atoms with van der Waals surface area (Å²) in [5, 5.41) is 6.59. The molecular weight excluding hydrogens is 294 g/mol. The molecule has 0 amide bonds. The summed E-state index contributed by atoms with van der Waals surface area (Å²) in [5.74, 6) is 0.853. The van der Waals surface area contributed by atoms with E-state index in [1.807, 2.05) is 24.3 Å². The van der Waals surface area contributed by atoms with Crippen LogP contribution in [0, 0.1) is 0 Å². The number of rotatable bonds is 4. The molecule has 0 aliphatic heterocycles. The summed E-state index contributed by atoms with van der Waals surface area (Å²) < 4.78 is 5.10. The normalized spacial score (nSPS) is 10.9. The first kappa shape index (κ1) is 13.0. The molecule has 0 unspecified atom stereocenters. The van der Waals surface area contributed by atoms with Crippen molar-refractivity contribution in [1.29, 1.82) is 0 Å². The lowest BCUT2D eigenvalue weighted by Gasteiger charge is -2.07. The fourth-order valence-corrected chi connectivity index (χ4v) is 3.33. The molecule has 5 heteroatoms. The van der Waals surface area contributed by atoms with Crippen LogP contribution in [0.15, 0.2) is 65.0 Å². The average Bonchev–Trinajstić information content (AvgIpc) is 3.23. The van der Waals surface area contributed by atoms with Gasteiger partial charge in [0, 0.05) is 23.1 Å². The highest BCUT2D eigenvalue weighted by molar-refractivity contribution is 7.17. The molecule has 0 bridgehead atoms. The van der Waals surface area contributed by atoms with Gasteiger partial charge in [-0.3, -0.25) is 0 Å². The van der Waals surface area contributed by atoms with E-state index in [9.17, 15) is 0 Å².